The maximum absolute atomic E-state index is 11.7. The summed E-state index contributed by atoms with van der Waals surface area (Å²) in [7, 11) is 0. The molecule has 2 N–H and O–H groups in total. The van der Waals surface area contributed by atoms with Gasteiger partial charge in [0.05, 0.1) is 0 Å². The highest BCUT2D eigenvalue weighted by molar-refractivity contribution is 5.83. The van der Waals surface area contributed by atoms with Crippen molar-refractivity contribution in [3.63, 3.8) is 0 Å². The SMILES string of the molecule is Cc1cccc(OCC(=O)NNC(=O)COc2ccccc2C)c1. The molecule has 0 aliphatic carbocycles. The van der Waals surface area contributed by atoms with E-state index in [1.165, 1.54) is 0 Å². The van der Waals surface area contributed by atoms with Crippen molar-refractivity contribution >= 4 is 11.8 Å². The number of nitrogens with one attached hydrogen (secondary N) is 2. The highest BCUT2D eigenvalue weighted by Gasteiger charge is 2.07. The molecule has 2 aromatic rings. The summed E-state index contributed by atoms with van der Waals surface area (Å²) in [4.78, 5) is 23.3. The van der Waals surface area contributed by atoms with Crippen LogP contribution in [0.3, 0.4) is 0 Å². The number of hydrogen-bond acceptors (Lipinski definition) is 4. The third-order valence-corrected chi connectivity index (χ3v) is 3.15. The molecule has 6 heteroatoms. The summed E-state index contributed by atoms with van der Waals surface area (Å²) in [6, 6.07) is 14.7. The summed E-state index contributed by atoms with van der Waals surface area (Å²) in [6.45, 7) is 3.44. The molecule has 0 radical (unpaired) electrons. The first-order valence-electron chi connectivity index (χ1n) is 7.50. The lowest BCUT2D eigenvalue weighted by Crippen LogP contribution is -2.45. The van der Waals surface area contributed by atoms with E-state index < -0.39 is 11.8 Å². The van der Waals surface area contributed by atoms with Crippen LogP contribution in [0.5, 0.6) is 11.5 Å². The van der Waals surface area contributed by atoms with E-state index in [9.17, 15) is 9.59 Å². The van der Waals surface area contributed by atoms with Gasteiger partial charge in [-0.15, -0.1) is 0 Å². The third-order valence-electron chi connectivity index (χ3n) is 3.15. The Morgan fingerprint density at radius 2 is 1.54 bits per heavy atom. The van der Waals surface area contributed by atoms with Gasteiger partial charge in [0.15, 0.2) is 13.2 Å². The second-order valence-electron chi connectivity index (χ2n) is 5.26. The maximum atomic E-state index is 11.7. The number of hydrazine groups is 1. The first-order valence-corrected chi connectivity index (χ1v) is 7.50. The van der Waals surface area contributed by atoms with Gasteiger partial charge in [0.25, 0.3) is 11.8 Å². The fourth-order valence-corrected chi connectivity index (χ4v) is 1.93. The lowest BCUT2D eigenvalue weighted by molar-refractivity contribution is -0.131. The third kappa shape index (κ3) is 5.64. The zero-order chi connectivity index (χ0) is 17.4. The normalized spacial score (nSPS) is 9.92. The molecule has 126 valence electrons. The molecule has 24 heavy (non-hydrogen) atoms. The topological polar surface area (TPSA) is 76.7 Å². The van der Waals surface area contributed by atoms with Gasteiger partial charge in [0.2, 0.25) is 0 Å². The zero-order valence-electron chi connectivity index (χ0n) is 13.7. The minimum absolute atomic E-state index is 0.191. The van der Waals surface area contributed by atoms with Crippen LogP contribution in [0.25, 0.3) is 0 Å². The van der Waals surface area contributed by atoms with Crippen molar-refractivity contribution in [3.8, 4) is 11.5 Å². The molecule has 0 atom stereocenters. The minimum Gasteiger partial charge on any atom is -0.484 e. The summed E-state index contributed by atoms with van der Waals surface area (Å²) in [6.07, 6.45) is 0. The molecule has 0 bridgehead atoms. The molecule has 2 rings (SSSR count). The fraction of sp³-hybridized carbons (Fsp3) is 0.222. The molecule has 0 aliphatic heterocycles. The van der Waals surface area contributed by atoms with Crippen LogP contribution in [0.15, 0.2) is 48.5 Å². The monoisotopic (exact) mass is 328 g/mol. The molecule has 0 aliphatic rings. The van der Waals surface area contributed by atoms with Crippen LogP contribution in [-0.2, 0) is 9.59 Å². The lowest BCUT2D eigenvalue weighted by Gasteiger charge is -2.11. The smallest absolute Gasteiger partial charge is 0.276 e. The van der Waals surface area contributed by atoms with Crippen molar-refractivity contribution in [2.75, 3.05) is 13.2 Å². The molecule has 0 unspecified atom stereocenters. The van der Waals surface area contributed by atoms with E-state index in [0.717, 1.165) is 11.1 Å². The van der Waals surface area contributed by atoms with E-state index in [1.807, 2.05) is 50.2 Å². The van der Waals surface area contributed by atoms with Gasteiger partial charge in [-0.3, -0.25) is 20.4 Å². The number of benzene rings is 2. The molecule has 0 saturated carbocycles. The van der Waals surface area contributed by atoms with Gasteiger partial charge in [-0.25, -0.2) is 0 Å². The van der Waals surface area contributed by atoms with E-state index in [1.54, 1.807) is 12.1 Å². The number of carbonyl (C=O) groups excluding carboxylic acids is 2. The number of aryl methyl sites for hydroxylation is 2. The van der Waals surface area contributed by atoms with Crippen LogP contribution in [0.1, 0.15) is 11.1 Å². The van der Waals surface area contributed by atoms with Gasteiger partial charge in [0.1, 0.15) is 11.5 Å². The Morgan fingerprint density at radius 3 is 2.21 bits per heavy atom. The minimum atomic E-state index is -0.458. The van der Waals surface area contributed by atoms with Crippen LogP contribution >= 0.6 is 0 Å². The van der Waals surface area contributed by atoms with E-state index in [-0.39, 0.29) is 13.2 Å². The zero-order valence-corrected chi connectivity index (χ0v) is 13.7. The van der Waals surface area contributed by atoms with E-state index in [2.05, 4.69) is 10.9 Å². The molecule has 0 aromatic heterocycles. The lowest BCUT2D eigenvalue weighted by atomic mass is 10.2. The fourth-order valence-electron chi connectivity index (χ4n) is 1.93. The Morgan fingerprint density at radius 1 is 0.875 bits per heavy atom. The second-order valence-corrected chi connectivity index (χ2v) is 5.26. The van der Waals surface area contributed by atoms with Crippen molar-refractivity contribution in [1.82, 2.24) is 10.9 Å². The number of para-hydroxylation sites is 1. The van der Waals surface area contributed by atoms with Crippen molar-refractivity contribution in [2.45, 2.75) is 13.8 Å². The molecule has 0 spiro atoms. The van der Waals surface area contributed by atoms with Crippen LogP contribution in [0, 0.1) is 13.8 Å². The standard InChI is InChI=1S/C18H20N2O4/c1-13-6-5-8-15(10-13)23-11-17(21)19-20-18(22)12-24-16-9-4-3-7-14(16)2/h3-10H,11-12H2,1-2H3,(H,19,21)(H,20,22). The first-order chi connectivity index (χ1) is 11.5. The van der Waals surface area contributed by atoms with Gasteiger partial charge in [0, 0.05) is 0 Å². The number of ether oxygens (including phenoxy) is 2. The van der Waals surface area contributed by atoms with Crippen molar-refractivity contribution < 1.29 is 19.1 Å². The summed E-state index contributed by atoms with van der Waals surface area (Å²) < 4.78 is 10.7. The highest BCUT2D eigenvalue weighted by atomic mass is 16.5. The van der Waals surface area contributed by atoms with E-state index in [4.69, 9.17) is 9.47 Å². The Bertz CT molecular complexity index is 716. The molecule has 2 amide bonds. The molecule has 6 nitrogen and oxygen atoms in total. The van der Waals surface area contributed by atoms with Crippen LogP contribution < -0.4 is 20.3 Å². The predicted molar refractivity (Wildman–Crippen MR) is 89.6 cm³/mol. The average Bonchev–Trinajstić information content (AvgIpc) is 2.57. The Kier molecular flexibility index (Phi) is 6.19. The quantitative estimate of drug-likeness (QED) is 0.794. The molecule has 0 fully saturated rings. The second kappa shape index (κ2) is 8.57. The largest absolute Gasteiger partial charge is 0.484 e. The predicted octanol–water partition coefficient (Wildman–Crippen LogP) is 1.91. The Labute approximate surface area is 140 Å². The number of amides is 2. The molecule has 0 saturated heterocycles. The molecular weight excluding hydrogens is 308 g/mol. The summed E-state index contributed by atoms with van der Waals surface area (Å²) >= 11 is 0. The van der Waals surface area contributed by atoms with Crippen molar-refractivity contribution in [2.24, 2.45) is 0 Å². The van der Waals surface area contributed by atoms with Crippen LogP contribution in [0.4, 0.5) is 0 Å². The van der Waals surface area contributed by atoms with Crippen LogP contribution in [-0.4, -0.2) is 25.0 Å². The summed E-state index contributed by atoms with van der Waals surface area (Å²) in [5, 5.41) is 0. The van der Waals surface area contributed by atoms with Gasteiger partial charge >= 0.3 is 0 Å². The average molecular weight is 328 g/mol. The van der Waals surface area contributed by atoms with Gasteiger partial charge in [-0.05, 0) is 43.2 Å². The van der Waals surface area contributed by atoms with Crippen molar-refractivity contribution in [1.29, 1.82) is 0 Å². The first kappa shape index (κ1) is 17.3. The number of carbonyl (C=O) groups is 2. The van der Waals surface area contributed by atoms with E-state index >= 15 is 0 Å². The molecule has 2 aromatic carbocycles. The Hall–Kier alpha value is -3.02. The van der Waals surface area contributed by atoms with Gasteiger partial charge in [-0.2, -0.15) is 0 Å². The maximum Gasteiger partial charge on any atom is 0.276 e. The summed E-state index contributed by atoms with van der Waals surface area (Å²) in [5.74, 6) is 0.309. The molecular formula is C18H20N2O4. The highest BCUT2D eigenvalue weighted by Crippen LogP contribution is 2.15. The van der Waals surface area contributed by atoms with Gasteiger partial charge in [-0.1, -0.05) is 30.3 Å². The Balaban J connectivity index is 1.68. The summed E-state index contributed by atoms with van der Waals surface area (Å²) in [5.41, 5.74) is 6.52. The van der Waals surface area contributed by atoms with Crippen molar-refractivity contribution in [3.05, 3.63) is 59.7 Å². The van der Waals surface area contributed by atoms with Gasteiger partial charge < -0.3 is 9.47 Å². The van der Waals surface area contributed by atoms with Crippen LogP contribution in [0.2, 0.25) is 0 Å². The van der Waals surface area contributed by atoms with E-state index in [0.29, 0.717) is 11.5 Å². The number of rotatable bonds is 6. The number of hydrogen-bond donors (Lipinski definition) is 2. The molecule has 0 heterocycles.